The lowest BCUT2D eigenvalue weighted by molar-refractivity contribution is 0.592. The minimum Gasteiger partial charge on any atom is -0.224 e. The van der Waals surface area contributed by atoms with Gasteiger partial charge in [-0.2, -0.15) is 0 Å². The Morgan fingerprint density at radius 1 is 1.31 bits per heavy atom. The van der Waals surface area contributed by atoms with E-state index >= 15 is 0 Å². The van der Waals surface area contributed by atoms with Crippen LogP contribution in [0.2, 0.25) is 0 Å². The topological polar surface area (TPSA) is 34.1 Å². The zero-order chi connectivity index (χ0) is 9.73. The van der Waals surface area contributed by atoms with E-state index in [0.29, 0.717) is 4.90 Å². The van der Waals surface area contributed by atoms with Crippen LogP contribution >= 0.6 is 0 Å². The van der Waals surface area contributed by atoms with Crippen molar-refractivity contribution in [2.24, 2.45) is 0 Å². The number of hydrogen-bond acceptors (Lipinski definition) is 2. The largest absolute Gasteiger partial charge is 0.224 e. The Bertz CT molecular complexity index is 340. The van der Waals surface area contributed by atoms with Crippen LogP contribution < -0.4 is 0 Å². The van der Waals surface area contributed by atoms with Gasteiger partial charge in [-0.05, 0) is 24.6 Å². The molecule has 1 aromatic carbocycles. The first kappa shape index (κ1) is 10.3. The van der Waals surface area contributed by atoms with Crippen LogP contribution in [0.5, 0.6) is 0 Å². The molecule has 0 atom stereocenters. The van der Waals surface area contributed by atoms with Crippen LogP contribution in [0.1, 0.15) is 19.8 Å². The molecule has 0 aliphatic rings. The molecule has 0 heterocycles. The van der Waals surface area contributed by atoms with Gasteiger partial charge in [0, 0.05) is 0 Å². The number of unbranched alkanes of at least 4 members (excludes halogenated alkanes) is 1. The first-order valence-electron chi connectivity index (χ1n) is 4.35. The van der Waals surface area contributed by atoms with E-state index < -0.39 is 9.84 Å². The monoisotopic (exact) mass is 197 g/mol. The first-order chi connectivity index (χ1) is 6.17. The maximum atomic E-state index is 11.6. The van der Waals surface area contributed by atoms with Crippen molar-refractivity contribution in [1.29, 1.82) is 0 Å². The third-order valence-corrected chi connectivity index (χ3v) is 3.63. The highest BCUT2D eigenvalue weighted by molar-refractivity contribution is 7.91. The molecular weight excluding hydrogens is 184 g/mol. The fourth-order valence-electron chi connectivity index (χ4n) is 1.03. The highest BCUT2D eigenvalue weighted by Gasteiger charge is 2.11. The van der Waals surface area contributed by atoms with Crippen LogP contribution in [-0.2, 0) is 9.84 Å². The third kappa shape index (κ3) is 2.84. The number of hydrogen-bond donors (Lipinski definition) is 0. The SMILES string of the molecule is CCCCS(=O)(=O)c1cc[c]cc1. The highest BCUT2D eigenvalue weighted by Crippen LogP contribution is 2.11. The number of sulfone groups is 1. The Morgan fingerprint density at radius 2 is 1.92 bits per heavy atom. The summed E-state index contributed by atoms with van der Waals surface area (Å²) >= 11 is 0. The van der Waals surface area contributed by atoms with E-state index in [0.717, 1.165) is 12.8 Å². The maximum Gasteiger partial charge on any atom is 0.178 e. The smallest absolute Gasteiger partial charge is 0.178 e. The van der Waals surface area contributed by atoms with Gasteiger partial charge in [0.25, 0.3) is 0 Å². The molecular formula is C10H13O2S. The molecule has 13 heavy (non-hydrogen) atoms. The lowest BCUT2D eigenvalue weighted by Gasteiger charge is -2.01. The van der Waals surface area contributed by atoms with Crippen molar-refractivity contribution in [2.75, 3.05) is 5.75 Å². The Balaban J connectivity index is 2.83. The summed E-state index contributed by atoms with van der Waals surface area (Å²) in [5.74, 6) is 0.244. The van der Waals surface area contributed by atoms with Crippen molar-refractivity contribution in [1.82, 2.24) is 0 Å². The van der Waals surface area contributed by atoms with E-state index in [9.17, 15) is 8.42 Å². The van der Waals surface area contributed by atoms with E-state index in [1.165, 1.54) is 0 Å². The van der Waals surface area contributed by atoms with Crippen molar-refractivity contribution >= 4 is 9.84 Å². The predicted molar refractivity (Wildman–Crippen MR) is 52.2 cm³/mol. The highest BCUT2D eigenvalue weighted by atomic mass is 32.2. The van der Waals surface area contributed by atoms with Crippen LogP contribution in [0, 0.1) is 6.07 Å². The molecule has 0 bridgehead atoms. The van der Waals surface area contributed by atoms with Crippen LogP contribution in [0.25, 0.3) is 0 Å². The molecule has 1 radical (unpaired) electrons. The van der Waals surface area contributed by atoms with E-state index in [4.69, 9.17) is 0 Å². The van der Waals surface area contributed by atoms with E-state index in [1.807, 2.05) is 6.92 Å². The molecule has 0 amide bonds. The standard InChI is InChI=1S/C10H13O2S/c1-2-3-9-13(11,12)10-7-5-4-6-8-10/h5-8H,2-3,9H2,1H3. The summed E-state index contributed by atoms with van der Waals surface area (Å²) in [5, 5.41) is 0. The molecule has 1 aromatic rings. The van der Waals surface area contributed by atoms with E-state index in [2.05, 4.69) is 6.07 Å². The summed E-state index contributed by atoms with van der Waals surface area (Å²) in [7, 11) is -3.04. The second kappa shape index (κ2) is 4.42. The molecule has 0 aliphatic carbocycles. The van der Waals surface area contributed by atoms with Gasteiger partial charge in [-0.15, -0.1) is 0 Å². The summed E-state index contributed by atoms with van der Waals surface area (Å²) in [4.78, 5) is 0.403. The van der Waals surface area contributed by atoms with Gasteiger partial charge in [-0.3, -0.25) is 0 Å². The van der Waals surface area contributed by atoms with Crippen molar-refractivity contribution in [3.05, 3.63) is 30.3 Å². The molecule has 0 saturated carbocycles. The fraction of sp³-hybridized carbons (Fsp3) is 0.400. The van der Waals surface area contributed by atoms with E-state index in [-0.39, 0.29) is 5.75 Å². The number of rotatable bonds is 4. The van der Waals surface area contributed by atoms with Gasteiger partial charge in [-0.1, -0.05) is 25.5 Å². The van der Waals surface area contributed by atoms with Crippen molar-refractivity contribution < 1.29 is 8.42 Å². The molecule has 0 fully saturated rings. The minimum absolute atomic E-state index is 0.244. The maximum absolute atomic E-state index is 11.6. The second-order valence-corrected chi connectivity index (χ2v) is 5.02. The molecule has 0 aliphatic heterocycles. The number of benzene rings is 1. The van der Waals surface area contributed by atoms with Gasteiger partial charge < -0.3 is 0 Å². The third-order valence-electron chi connectivity index (χ3n) is 1.81. The normalized spacial score (nSPS) is 11.5. The summed E-state index contributed by atoms with van der Waals surface area (Å²) in [5.41, 5.74) is 0. The van der Waals surface area contributed by atoms with Gasteiger partial charge in [0.2, 0.25) is 0 Å². The molecule has 0 N–H and O–H groups in total. The molecule has 2 nitrogen and oxygen atoms in total. The molecule has 1 rings (SSSR count). The predicted octanol–water partition coefficient (Wildman–Crippen LogP) is 2.06. The van der Waals surface area contributed by atoms with Crippen molar-refractivity contribution in [2.45, 2.75) is 24.7 Å². The Labute approximate surface area is 79.5 Å². The van der Waals surface area contributed by atoms with Crippen LogP contribution in [0.4, 0.5) is 0 Å². The van der Waals surface area contributed by atoms with Gasteiger partial charge >= 0.3 is 0 Å². The lowest BCUT2D eigenvalue weighted by atomic mass is 10.4. The summed E-state index contributed by atoms with van der Waals surface area (Å²) < 4.78 is 23.2. The average molecular weight is 197 g/mol. The average Bonchev–Trinajstić information content (AvgIpc) is 2.16. The summed E-state index contributed by atoms with van der Waals surface area (Å²) in [6.45, 7) is 1.98. The van der Waals surface area contributed by atoms with Gasteiger partial charge in [0.1, 0.15) is 0 Å². The zero-order valence-corrected chi connectivity index (χ0v) is 8.47. The first-order valence-corrected chi connectivity index (χ1v) is 6.01. The molecule has 3 heteroatoms. The van der Waals surface area contributed by atoms with E-state index in [1.54, 1.807) is 24.3 Å². The second-order valence-electron chi connectivity index (χ2n) is 2.91. The Morgan fingerprint density at radius 3 is 2.46 bits per heavy atom. The molecule has 0 unspecified atom stereocenters. The molecule has 0 spiro atoms. The van der Waals surface area contributed by atoms with Gasteiger partial charge in [0.15, 0.2) is 9.84 Å². The lowest BCUT2D eigenvalue weighted by Crippen LogP contribution is -2.05. The summed E-state index contributed by atoms with van der Waals surface area (Å²) in [6.07, 6.45) is 1.62. The van der Waals surface area contributed by atoms with Crippen LogP contribution in [-0.4, -0.2) is 14.2 Å². The fourth-order valence-corrected chi connectivity index (χ4v) is 2.49. The van der Waals surface area contributed by atoms with Crippen LogP contribution in [0.15, 0.2) is 29.2 Å². The Kier molecular flexibility index (Phi) is 3.48. The summed E-state index contributed by atoms with van der Waals surface area (Å²) in [6, 6.07) is 9.22. The van der Waals surface area contributed by atoms with Gasteiger partial charge in [-0.25, -0.2) is 8.42 Å². The van der Waals surface area contributed by atoms with Crippen molar-refractivity contribution in [3.8, 4) is 0 Å². The van der Waals surface area contributed by atoms with Crippen molar-refractivity contribution in [3.63, 3.8) is 0 Å². The molecule has 71 valence electrons. The van der Waals surface area contributed by atoms with Gasteiger partial charge in [0.05, 0.1) is 10.6 Å². The molecule has 0 aromatic heterocycles. The van der Waals surface area contributed by atoms with Crippen LogP contribution in [0.3, 0.4) is 0 Å². The molecule has 0 saturated heterocycles. The Hall–Kier alpha value is -0.830. The zero-order valence-electron chi connectivity index (χ0n) is 7.66. The minimum atomic E-state index is -3.04. The quantitative estimate of drug-likeness (QED) is 0.740.